The van der Waals surface area contributed by atoms with Gasteiger partial charge in [0.05, 0.1) is 26.2 Å². The van der Waals surface area contributed by atoms with Gasteiger partial charge in [0.15, 0.2) is 0 Å². The lowest BCUT2D eigenvalue weighted by Crippen LogP contribution is -2.10. The van der Waals surface area contributed by atoms with E-state index in [0.717, 1.165) is 16.7 Å². The fourth-order valence-corrected chi connectivity index (χ4v) is 2.93. The van der Waals surface area contributed by atoms with Gasteiger partial charge >= 0.3 is 5.97 Å². The molecule has 0 saturated heterocycles. The minimum absolute atomic E-state index is 0.213. The lowest BCUT2D eigenvalue weighted by Gasteiger charge is -2.15. The topological polar surface area (TPSA) is 79.2 Å². The van der Waals surface area contributed by atoms with Crippen molar-refractivity contribution in [2.24, 2.45) is 5.16 Å². The number of pyridine rings is 1. The fraction of sp³-hybridized carbons (Fsp3) is 0.375. The van der Waals surface area contributed by atoms with Gasteiger partial charge in [-0.3, -0.25) is 0 Å². The second-order valence-corrected chi connectivity index (χ2v) is 6.34. The molecule has 0 atom stereocenters. The van der Waals surface area contributed by atoms with Gasteiger partial charge in [-0.25, -0.2) is 9.78 Å². The monoisotopic (exact) mass is 428 g/mol. The van der Waals surface area contributed by atoms with Gasteiger partial charge in [0.1, 0.15) is 25.0 Å². The van der Waals surface area contributed by atoms with Crippen molar-refractivity contribution in [2.75, 3.05) is 21.3 Å². The van der Waals surface area contributed by atoms with Gasteiger partial charge in [-0.05, 0) is 43.5 Å². The van der Waals surface area contributed by atoms with Crippen molar-refractivity contribution in [3.05, 3.63) is 64.5 Å². The molecular weight excluding hydrogens is 396 g/mol. The number of nitrogens with zero attached hydrogens (tertiary/aromatic N) is 2. The van der Waals surface area contributed by atoms with E-state index in [4.69, 9.17) is 19.0 Å². The average molecular weight is 429 g/mol. The molecule has 0 aliphatic heterocycles. The molecule has 0 aliphatic rings. The molecule has 0 N–H and O–H groups in total. The minimum atomic E-state index is -0.488. The summed E-state index contributed by atoms with van der Waals surface area (Å²) in [7, 11) is 4.30. The number of carbonyl (C=O) groups excluding carboxylic acids is 1. The molecule has 0 aliphatic carbocycles. The molecule has 1 aromatic heterocycles. The highest BCUT2D eigenvalue weighted by molar-refractivity contribution is 6.16. The highest BCUT2D eigenvalue weighted by Gasteiger charge is 2.18. The Balaban J connectivity index is 0.00000233. The molecule has 31 heavy (non-hydrogen) atoms. The predicted molar refractivity (Wildman–Crippen MR) is 122 cm³/mol. The molecule has 2 rings (SSSR count). The highest BCUT2D eigenvalue weighted by Crippen LogP contribution is 2.24. The van der Waals surface area contributed by atoms with Gasteiger partial charge in [0, 0.05) is 5.56 Å². The molecule has 0 fully saturated rings. The van der Waals surface area contributed by atoms with Crippen LogP contribution in [-0.4, -0.2) is 38.0 Å². The Hall–Kier alpha value is -3.35. The van der Waals surface area contributed by atoms with Gasteiger partial charge in [-0.1, -0.05) is 43.3 Å². The van der Waals surface area contributed by atoms with E-state index in [2.05, 4.69) is 10.1 Å². The first kappa shape index (κ1) is 25.7. The molecular formula is C24H32N2O5. The van der Waals surface area contributed by atoms with Crippen LogP contribution in [0, 0.1) is 13.8 Å². The molecule has 7 heteroatoms. The number of carbonyl (C=O) groups is 1. The zero-order chi connectivity index (χ0) is 23.4. The molecule has 1 heterocycles. The van der Waals surface area contributed by atoms with Crippen molar-refractivity contribution in [3.8, 4) is 5.88 Å². The Morgan fingerprint density at radius 2 is 1.77 bits per heavy atom. The Kier molecular flexibility index (Phi) is 10.8. The number of hydrogen-bond acceptors (Lipinski definition) is 7. The summed E-state index contributed by atoms with van der Waals surface area (Å²) in [4.78, 5) is 21.6. The lowest BCUT2D eigenvalue weighted by atomic mass is 10.0. The number of benzene rings is 1. The quantitative estimate of drug-likeness (QED) is 0.197. The first-order valence-corrected chi connectivity index (χ1v) is 10.0. The summed E-state index contributed by atoms with van der Waals surface area (Å²) in [5, 5.41) is 3.96. The zero-order valence-corrected chi connectivity index (χ0v) is 19.6. The molecule has 7 nitrogen and oxygen atoms in total. The first-order valence-electron chi connectivity index (χ1n) is 10.0. The number of methoxy groups -OCH3 is 2. The van der Waals surface area contributed by atoms with E-state index in [1.54, 1.807) is 0 Å². The standard InChI is InChI=1S/C22H26N2O5.C2H6/c1-14-11-15(2)21(23-20(14)16(3)24-28-6)29-12-17-9-7-8-10-18(17)19(13-26-4)22(25)27-5;1-2/h7-11,13H,12H2,1-6H3;1-2H3/b19-13-,24-16-;. The van der Waals surface area contributed by atoms with Crippen LogP contribution in [0.2, 0.25) is 0 Å². The Bertz CT molecular complexity index is 936. The Morgan fingerprint density at radius 3 is 2.39 bits per heavy atom. The number of aryl methyl sites for hydroxylation is 2. The van der Waals surface area contributed by atoms with Crippen LogP contribution in [0.25, 0.3) is 5.57 Å². The molecule has 1 aromatic carbocycles. The van der Waals surface area contributed by atoms with E-state index < -0.39 is 5.97 Å². The number of aromatic nitrogens is 1. The van der Waals surface area contributed by atoms with E-state index in [1.165, 1.54) is 27.6 Å². The number of rotatable bonds is 8. The third-order valence-corrected chi connectivity index (χ3v) is 4.24. The van der Waals surface area contributed by atoms with E-state index >= 15 is 0 Å². The van der Waals surface area contributed by atoms with Crippen LogP contribution in [0.5, 0.6) is 5.88 Å². The van der Waals surface area contributed by atoms with E-state index in [0.29, 0.717) is 28.4 Å². The lowest BCUT2D eigenvalue weighted by molar-refractivity contribution is -0.133. The predicted octanol–water partition coefficient (Wildman–Crippen LogP) is 4.83. The summed E-state index contributed by atoms with van der Waals surface area (Å²) in [5.41, 5.74) is 5.02. The second-order valence-electron chi connectivity index (χ2n) is 6.34. The molecule has 0 bridgehead atoms. The zero-order valence-electron chi connectivity index (χ0n) is 19.6. The fourth-order valence-electron chi connectivity index (χ4n) is 2.93. The normalized spacial score (nSPS) is 11.2. The van der Waals surface area contributed by atoms with Crippen LogP contribution in [0.1, 0.15) is 48.7 Å². The van der Waals surface area contributed by atoms with Gasteiger partial charge in [0.25, 0.3) is 0 Å². The third-order valence-electron chi connectivity index (χ3n) is 4.24. The third kappa shape index (κ3) is 6.84. The van der Waals surface area contributed by atoms with E-state index in [1.807, 2.05) is 65.0 Å². The number of esters is 1. The summed E-state index contributed by atoms with van der Waals surface area (Å²) < 4.78 is 15.9. The summed E-state index contributed by atoms with van der Waals surface area (Å²) in [6.07, 6.45) is 1.36. The van der Waals surface area contributed by atoms with E-state index in [-0.39, 0.29) is 6.61 Å². The molecule has 0 spiro atoms. The molecule has 0 saturated carbocycles. The molecule has 168 valence electrons. The van der Waals surface area contributed by atoms with Gasteiger partial charge in [-0.2, -0.15) is 0 Å². The van der Waals surface area contributed by atoms with Gasteiger partial charge in [-0.15, -0.1) is 0 Å². The van der Waals surface area contributed by atoms with Crippen LogP contribution in [0.15, 0.2) is 41.7 Å². The van der Waals surface area contributed by atoms with Gasteiger partial charge in [0.2, 0.25) is 5.88 Å². The van der Waals surface area contributed by atoms with Crippen LogP contribution in [0.4, 0.5) is 0 Å². The Labute approximate surface area is 184 Å². The SMILES string of the molecule is CC.CO/C=C(\C(=O)OC)c1ccccc1COc1nc(/C(C)=N\OC)c(C)cc1C. The van der Waals surface area contributed by atoms with Crippen molar-refractivity contribution in [1.29, 1.82) is 0 Å². The van der Waals surface area contributed by atoms with Crippen LogP contribution < -0.4 is 4.74 Å². The van der Waals surface area contributed by atoms with Crippen molar-refractivity contribution < 1.29 is 23.8 Å². The average Bonchev–Trinajstić information content (AvgIpc) is 2.78. The summed E-state index contributed by atoms with van der Waals surface area (Å²) >= 11 is 0. The number of hydrogen-bond donors (Lipinski definition) is 0. The second kappa shape index (κ2) is 13.1. The van der Waals surface area contributed by atoms with Crippen molar-refractivity contribution in [2.45, 2.75) is 41.2 Å². The summed E-state index contributed by atoms with van der Waals surface area (Å²) in [6.45, 7) is 9.93. The highest BCUT2D eigenvalue weighted by atomic mass is 16.6. The van der Waals surface area contributed by atoms with Crippen LogP contribution >= 0.6 is 0 Å². The molecule has 2 aromatic rings. The minimum Gasteiger partial charge on any atom is -0.503 e. The van der Waals surface area contributed by atoms with Crippen molar-refractivity contribution in [1.82, 2.24) is 4.98 Å². The maximum atomic E-state index is 12.2. The maximum Gasteiger partial charge on any atom is 0.341 e. The number of oxime groups is 1. The smallest absolute Gasteiger partial charge is 0.341 e. The molecule has 0 radical (unpaired) electrons. The Morgan fingerprint density at radius 1 is 1.10 bits per heavy atom. The molecule has 0 amide bonds. The summed E-state index contributed by atoms with van der Waals surface area (Å²) in [5.74, 6) is -0.000903. The van der Waals surface area contributed by atoms with Crippen LogP contribution in [0.3, 0.4) is 0 Å². The van der Waals surface area contributed by atoms with E-state index in [9.17, 15) is 4.79 Å². The molecule has 0 unspecified atom stereocenters. The van der Waals surface area contributed by atoms with Gasteiger partial charge < -0.3 is 19.0 Å². The summed E-state index contributed by atoms with van der Waals surface area (Å²) in [6, 6.07) is 9.40. The van der Waals surface area contributed by atoms with Crippen molar-refractivity contribution >= 4 is 17.3 Å². The van der Waals surface area contributed by atoms with Crippen molar-refractivity contribution in [3.63, 3.8) is 0 Å². The number of ether oxygens (including phenoxy) is 3. The largest absolute Gasteiger partial charge is 0.503 e. The maximum absolute atomic E-state index is 12.2. The van der Waals surface area contributed by atoms with Crippen LogP contribution in [-0.2, 0) is 25.7 Å². The first-order chi connectivity index (χ1) is 14.9.